The van der Waals surface area contributed by atoms with Gasteiger partial charge in [0.15, 0.2) is 0 Å². The number of hydrogen-bond acceptors (Lipinski definition) is 4. The van der Waals surface area contributed by atoms with Gasteiger partial charge < -0.3 is 20.4 Å². The number of anilines is 2. The maximum absolute atomic E-state index is 13.4. The Morgan fingerprint density at radius 3 is 2.22 bits per heavy atom. The SMILES string of the molecule is O=C(Nc1ccc(Cl)cc1)NC(C(=O)N1CCN(c2ccccn2)CC1)c1ccccc1. The van der Waals surface area contributed by atoms with Crippen LogP contribution >= 0.6 is 11.6 Å². The topological polar surface area (TPSA) is 77.6 Å². The van der Waals surface area contributed by atoms with Crippen molar-refractivity contribution >= 4 is 35.0 Å². The number of carbonyl (C=O) groups is 2. The first-order valence-corrected chi connectivity index (χ1v) is 10.8. The third-order valence-electron chi connectivity index (χ3n) is 5.32. The minimum Gasteiger partial charge on any atom is -0.353 e. The van der Waals surface area contributed by atoms with Gasteiger partial charge in [0.1, 0.15) is 11.9 Å². The van der Waals surface area contributed by atoms with Crippen LogP contribution in [0.3, 0.4) is 0 Å². The van der Waals surface area contributed by atoms with Gasteiger partial charge in [-0.25, -0.2) is 9.78 Å². The molecule has 164 valence electrons. The van der Waals surface area contributed by atoms with Crippen molar-refractivity contribution in [3.8, 4) is 0 Å². The molecule has 2 aromatic carbocycles. The first-order valence-electron chi connectivity index (χ1n) is 10.4. The van der Waals surface area contributed by atoms with Crippen LogP contribution in [0.5, 0.6) is 0 Å². The molecule has 1 fully saturated rings. The van der Waals surface area contributed by atoms with Gasteiger partial charge in [-0.1, -0.05) is 48.0 Å². The summed E-state index contributed by atoms with van der Waals surface area (Å²) < 4.78 is 0. The van der Waals surface area contributed by atoms with Crippen molar-refractivity contribution in [2.75, 3.05) is 36.4 Å². The van der Waals surface area contributed by atoms with Crippen molar-refractivity contribution in [3.05, 3.63) is 89.6 Å². The van der Waals surface area contributed by atoms with E-state index < -0.39 is 12.1 Å². The maximum Gasteiger partial charge on any atom is 0.320 e. The van der Waals surface area contributed by atoms with E-state index in [0.29, 0.717) is 36.9 Å². The van der Waals surface area contributed by atoms with Crippen LogP contribution < -0.4 is 15.5 Å². The highest BCUT2D eigenvalue weighted by molar-refractivity contribution is 6.30. The van der Waals surface area contributed by atoms with E-state index >= 15 is 0 Å². The van der Waals surface area contributed by atoms with Gasteiger partial charge in [-0.3, -0.25) is 4.79 Å². The Morgan fingerprint density at radius 2 is 1.56 bits per heavy atom. The summed E-state index contributed by atoms with van der Waals surface area (Å²) in [5, 5.41) is 6.18. The third kappa shape index (κ3) is 5.36. The smallest absolute Gasteiger partial charge is 0.320 e. The molecule has 8 heteroatoms. The van der Waals surface area contributed by atoms with Gasteiger partial charge in [0.2, 0.25) is 5.91 Å². The number of hydrogen-bond donors (Lipinski definition) is 2. The molecule has 1 aromatic heterocycles. The molecule has 0 spiro atoms. The molecule has 1 atom stereocenters. The fraction of sp³-hybridized carbons (Fsp3) is 0.208. The van der Waals surface area contributed by atoms with Crippen LogP contribution in [-0.2, 0) is 4.79 Å². The molecular formula is C24H24ClN5O2. The second-order valence-electron chi connectivity index (χ2n) is 7.45. The molecule has 2 N–H and O–H groups in total. The van der Waals surface area contributed by atoms with Crippen LogP contribution in [0, 0.1) is 0 Å². The van der Waals surface area contributed by atoms with E-state index in [9.17, 15) is 9.59 Å². The number of rotatable bonds is 5. The number of piperazine rings is 1. The Balaban J connectivity index is 1.44. The standard InChI is InChI=1S/C24H24ClN5O2/c25-19-9-11-20(12-10-19)27-24(32)28-22(18-6-2-1-3-7-18)23(31)30-16-14-29(15-17-30)21-8-4-5-13-26-21/h1-13,22H,14-17H2,(H2,27,28,32). The maximum atomic E-state index is 13.4. The predicted molar refractivity (Wildman–Crippen MR) is 126 cm³/mol. The highest BCUT2D eigenvalue weighted by Gasteiger charge is 2.30. The van der Waals surface area contributed by atoms with Gasteiger partial charge in [0.25, 0.3) is 0 Å². The number of aromatic nitrogens is 1. The molecule has 0 aliphatic carbocycles. The Morgan fingerprint density at radius 1 is 0.875 bits per heavy atom. The van der Waals surface area contributed by atoms with Crippen molar-refractivity contribution in [2.24, 2.45) is 0 Å². The molecule has 1 aliphatic heterocycles. The molecule has 3 aromatic rings. The average Bonchev–Trinajstić information content (AvgIpc) is 2.85. The van der Waals surface area contributed by atoms with E-state index in [0.717, 1.165) is 11.4 Å². The number of benzene rings is 2. The second kappa shape index (κ2) is 10.2. The minimum atomic E-state index is -0.787. The van der Waals surface area contributed by atoms with E-state index in [2.05, 4.69) is 20.5 Å². The molecule has 4 rings (SSSR count). The van der Waals surface area contributed by atoms with E-state index in [1.165, 1.54) is 0 Å². The van der Waals surface area contributed by atoms with Gasteiger partial charge in [0.05, 0.1) is 0 Å². The van der Waals surface area contributed by atoms with Crippen molar-refractivity contribution in [1.29, 1.82) is 0 Å². The summed E-state index contributed by atoms with van der Waals surface area (Å²) in [4.78, 5) is 34.4. The first-order chi connectivity index (χ1) is 15.6. The molecule has 0 bridgehead atoms. The fourth-order valence-corrected chi connectivity index (χ4v) is 3.77. The Bertz CT molecular complexity index is 1040. The van der Waals surface area contributed by atoms with Gasteiger partial charge in [0, 0.05) is 43.1 Å². The summed E-state index contributed by atoms with van der Waals surface area (Å²) in [5.41, 5.74) is 1.33. The van der Waals surface area contributed by atoms with Crippen molar-refractivity contribution in [2.45, 2.75) is 6.04 Å². The van der Waals surface area contributed by atoms with E-state index in [1.54, 1.807) is 35.4 Å². The number of nitrogens with one attached hydrogen (secondary N) is 2. The van der Waals surface area contributed by atoms with Crippen LogP contribution in [0.25, 0.3) is 0 Å². The predicted octanol–water partition coefficient (Wildman–Crippen LogP) is 3.95. The van der Waals surface area contributed by atoms with Crippen molar-refractivity contribution in [1.82, 2.24) is 15.2 Å². The molecule has 1 unspecified atom stereocenters. The average molecular weight is 450 g/mol. The lowest BCUT2D eigenvalue weighted by Gasteiger charge is -2.37. The molecule has 1 aliphatic rings. The molecule has 0 radical (unpaired) electrons. The monoisotopic (exact) mass is 449 g/mol. The van der Waals surface area contributed by atoms with Crippen molar-refractivity contribution < 1.29 is 9.59 Å². The summed E-state index contributed by atoms with van der Waals surface area (Å²) in [6, 6.07) is 20.6. The van der Waals surface area contributed by atoms with Crippen LogP contribution in [0.2, 0.25) is 5.02 Å². The lowest BCUT2D eigenvalue weighted by molar-refractivity contribution is -0.133. The zero-order valence-electron chi connectivity index (χ0n) is 17.4. The molecule has 2 heterocycles. The summed E-state index contributed by atoms with van der Waals surface area (Å²) in [6.45, 7) is 2.47. The van der Waals surface area contributed by atoms with Gasteiger partial charge >= 0.3 is 6.03 Å². The first kappa shape index (κ1) is 21.6. The van der Waals surface area contributed by atoms with Gasteiger partial charge in [-0.15, -0.1) is 0 Å². The van der Waals surface area contributed by atoms with E-state index in [4.69, 9.17) is 11.6 Å². The molecule has 1 saturated heterocycles. The zero-order chi connectivity index (χ0) is 22.3. The number of pyridine rings is 1. The minimum absolute atomic E-state index is 0.136. The lowest BCUT2D eigenvalue weighted by Crippen LogP contribution is -2.52. The van der Waals surface area contributed by atoms with Gasteiger partial charge in [-0.2, -0.15) is 0 Å². The highest BCUT2D eigenvalue weighted by Crippen LogP contribution is 2.20. The number of halogens is 1. The fourth-order valence-electron chi connectivity index (χ4n) is 3.64. The number of urea groups is 1. The van der Waals surface area contributed by atoms with E-state index in [1.807, 2.05) is 48.5 Å². The third-order valence-corrected chi connectivity index (χ3v) is 5.57. The van der Waals surface area contributed by atoms with Gasteiger partial charge in [-0.05, 0) is 42.0 Å². The quantitative estimate of drug-likeness (QED) is 0.618. The van der Waals surface area contributed by atoms with Crippen LogP contribution in [0.15, 0.2) is 79.0 Å². The molecule has 0 saturated carbocycles. The summed E-state index contributed by atoms with van der Waals surface area (Å²) in [5.74, 6) is 0.766. The number of carbonyl (C=O) groups excluding carboxylic acids is 2. The molecular weight excluding hydrogens is 426 g/mol. The Hall–Kier alpha value is -3.58. The summed E-state index contributed by atoms with van der Waals surface area (Å²) in [6.07, 6.45) is 1.77. The number of nitrogens with zero attached hydrogens (tertiary/aromatic N) is 3. The summed E-state index contributed by atoms with van der Waals surface area (Å²) in [7, 11) is 0. The molecule has 7 nitrogen and oxygen atoms in total. The van der Waals surface area contributed by atoms with E-state index in [-0.39, 0.29) is 5.91 Å². The Kier molecular flexibility index (Phi) is 6.87. The van der Waals surface area contributed by atoms with Crippen LogP contribution in [0.1, 0.15) is 11.6 Å². The van der Waals surface area contributed by atoms with Crippen LogP contribution in [-0.4, -0.2) is 48.0 Å². The lowest BCUT2D eigenvalue weighted by atomic mass is 10.1. The molecule has 3 amide bonds. The van der Waals surface area contributed by atoms with Crippen LogP contribution in [0.4, 0.5) is 16.3 Å². The molecule has 32 heavy (non-hydrogen) atoms. The summed E-state index contributed by atoms with van der Waals surface area (Å²) >= 11 is 5.90. The normalized spacial score (nSPS) is 14.5. The zero-order valence-corrected chi connectivity index (χ0v) is 18.2. The second-order valence-corrected chi connectivity index (χ2v) is 7.89. The largest absolute Gasteiger partial charge is 0.353 e. The Labute approximate surface area is 192 Å². The number of amides is 3. The van der Waals surface area contributed by atoms with Crippen molar-refractivity contribution in [3.63, 3.8) is 0 Å². The highest BCUT2D eigenvalue weighted by atomic mass is 35.5.